The summed E-state index contributed by atoms with van der Waals surface area (Å²) in [7, 11) is -1.03. The van der Waals surface area contributed by atoms with E-state index in [-0.39, 0.29) is 12.1 Å². The molecule has 0 amide bonds. The summed E-state index contributed by atoms with van der Waals surface area (Å²) in [6, 6.07) is 1.17. The molecule has 0 aromatic rings. The predicted octanol–water partition coefficient (Wildman–Crippen LogP) is 7.24. The van der Waals surface area contributed by atoms with Crippen LogP contribution in [0.25, 0.3) is 0 Å². The van der Waals surface area contributed by atoms with Crippen LogP contribution in [0, 0.1) is 5.92 Å². The van der Waals surface area contributed by atoms with Crippen molar-refractivity contribution in [2.75, 3.05) is 24.4 Å². The first-order valence-electron chi connectivity index (χ1n) is 11.5. The number of carbonyl (C=O) groups excluding carboxylic acids is 1. The first kappa shape index (κ1) is 31.6. The van der Waals surface area contributed by atoms with Crippen LogP contribution in [0.5, 0.6) is 0 Å². The van der Waals surface area contributed by atoms with Crippen molar-refractivity contribution in [2.45, 2.75) is 86.6 Å². The summed E-state index contributed by atoms with van der Waals surface area (Å²) in [6.07, 6.45) is 7.00. The van der Waals surface area contributed by atoms with E-state index in [2.05, 4.69) is 83.9 Å². The Kier molecular flexibility index (Phi) is 16.6. The normalized spacial score (nSPS) is 15.7. The van der Waals surface area contributed by atoms with Gasteiger partial charge in [0.25, 0.3) is 0 Å². The summed E-state index contributed by atoms with van der Waals surface area (Å²) in [5, 5.41) is 0. The van der Waals surface area contributed by atoms with Gasteiger partial charge in [-0.3, -0.25) is 0 Å². The second-order valence-corrected chi connectivity index (χ2v) is 32.5. The number of hydrogen-bond donors (Lipinski definition) is 0. The van der Waals surface area contributed by atoms with Crippen LogP contribution in [-0.2, 0) is 19.0 Å². The van der Waals surface area contributed by atoms with E-state index in [0.717, 1.165) is 30.3 Å². The van der Waals surface area contributed by atoms with Gasteiger partial charge < -0.3 is 9.47 Å². The molecule has 0 saturated heterocycles. The average Bonchev–Trinajstić information content (AvgIpc) is 2.62. The van der Waals surface area contributed by atoms with Crippen LogP contribution < -0.4 is 0 Å². The number of rotatable bonds is 16. The zero-order valence-electron chi connectivity index (χ0n) is 21.5. The van der Waals surface area contributed by atoms with Gasteiger partial charge in [-0.15, -0.1) is 0 Å². The average molecular weight is 673 g/mol. The molecule has 31 heavy (non-hydrogen) atoms. The van der Waals surface area contributed by atoms with E-state index >= 15 is 0 Å². The third-order valence-corrected chi connectivity index (χ3v) is 15.1. The van der Waals surface area contributed by atoms with E-state index in [4.69, 9.17) is 14.2 Å². The Morgan fingerprint density at radius 3 is 2.32 bits per heavy atom. The van der Waals surface area contributed by atoms with Crippen molar-refractivity contribution < 1.29 is 19.0 Å². The van der Waals surface area contributed by atoms with Gasteiger partial charge in [-0.05, 0) is 6.04 Å². The van der Waals surface area contributed by atoms with Gasteiger partial charge in [-0.1, -0.05) is 19.6 Å². The Bertz CT molecular complexity index is 579. The Labute approximate surface area is 211 Å². The number of halogens is 1. The van der Waals surface area contributed by atoms with Crippen molar-refractivity contribution >= 4 is 55.0 Å². The van der Waals surface area contributed by atoms with Gasteiger partial charge in [0.05, 0.1) is 0 Å². The summed E-state index contributed by atoms with van der Waals surface area (Å²) < 4.78 is 19.0. The van der Waals surface area contributed by atoms with Gasteiger partial charge in [0.15, 0.2) is 0 Å². The van der Waals surface area contributed by atoms with Crippen LogP contribution in [0.4, 0.5) is 0 Å². The maximum absolute atomic E-state index is 12.3. The van der Waals surface area contributed by atoms with Gasteiger partial charge in [0.2, 0.25) is 0 Å². The molecule has 7 heteroatoms. The number of allylic oxidation sites excluding steroid dienone is 2. The van der Waals surface area contributed by atoms with Crippen molar-refractivity contribution in [3.05, 3.63) is 21.3 Å². The van der Waals surface area contributed by atoms with Gasteiger partial charge in [-0.2, -0.15) is 0 Å². The number of carbonyl (C=O) groups is 1. The molecule has 0 heterocycles. The summed E-state index contributed by atoms with van der Waals surface area (Å²) >= 11 is 0.159. The minimum absolute atomic E-state index is 0.0102. The first-order chi connectivity index (χ1) is 14.2. The molecule has 0 N–H and O–H groups in total. The fraction of sp³-hybridized carbons (Fsp3) is 0.792. The Morgan fingerprint density at radius 2 is 1.77 bits per heavy atom. The summed E-state index contributed by atoms with van der Waals surface area (Å²) in [5.41, 5.74) is 1.24. The fourth-order valence-electron chi connectivity index (χ4n) is 2.67. The molecule has 0 aliphatic carbocycles. The SMILES string of the molecule is C/[C](=C/C(=O)O[C@@H](CI)C[C@@H](C)CC/C=C(\C)COCOCC[Si](C)(C)C)[Sn]([CH3])([CH3])[CH3]. The maximum atomic E-state index is 12.3. The van der Waals surface area contributed by atoms with Crippen LogP contribution in [0.1, 0.15) is 40.0 Å². The van der Waals surface area contributed by atoms with Crippen molar-refractivity contribution in [2.24, 2.45) is 5.92 Å². The Balaban J connectivity index is 4.18. The molecule has 0 fully saturated rings. The molecule has 0 radical (unpaired) electrons. The topological polar surface area (TPSA) is 44.8 Å². The fourth-order valence-corrected chi connectivity index (χ4v) is 5.54. The molecule has 0 rings (SSSR count). The van der Waals surface area contributed by atoms with E-state index in [1.54, 1.807) is 6.08 Å². The van der Waals surface area contributed by atoms with Gasteiger partial charge in [0.1, 0.15) is 6.79 Å². The zero-order chi connectivity index (χ0) is 24.1. The van der Waals surface area contributed by atoms with Crippen LogP contribution in [0.3, 0.4) is 0 Å². The van der Waals surface area contributed by atoms with Crippen molar-refractivity contribution in [1.29, 1.82) is 0 Å². The monoisotopic (exact) mass is 674 g/mol. The van der Waals surface area contributed by atoms with Crippen molar-refractivity contribution in [1.82, 2.24) is 0 Å². The third-order valence-electron chi connectivity index (χ3n) is 5.28. The molecule has 0 saturated carbocycles. The van der Waals surface area contributed by atoms with Gasteiger partial charge in [-0.25, -0.2) is 0 Å². The molecular weight excluding hydrogens is 626 g/mol. The summed E-state index contributed by atoms with van der Waals surface area (Å²) in [4.78, 5) is 19.2. The molecule has 182 valence electrons. The number of esters is 1. The van der Waals surface area contributed by atoms with E-state index in [1.807, 2.05) is 0 Å². The summed E-state index contributed by atoms with van der Waals surface area (Å²) in [5.74, 6) is 0.340. The van der Waals surface area contributed by atoms with E-state index in [9.17, 15) is 4.79 Å². The number of alkyl halides is 1. The zero-order valence-corrected chi connectivity index (χ0v) is 27.5. The number of hydrogen-bond acceptors (Lipinski definition) is 4. The first-order valence-corrected chi connectivity index (χ1v) is 26.7. The molecule has 0 aliphatic heterocycles. The molecule has 0 bridgehead atoms. The van der Waals surface area contributed by atoms with Crippen LogP contribution in [0.2, 0.25) is 40.5 Å². The molecule has 0 unspecified atom stereocenters. The van der Waals surface area contributed by atoms with Crippen molar-refractivity contribution in [3.8, 4) is 0 Å². The van der Waals surface area contributed by atoms with Gasteiger partial charge >= 0.3 is 156 Å². The van der Waals surface area contributed by atoms with E-state index < -0.39 is 26.5 Å². The third kappa shape index (κ3) is 18.7. The molecule has 0 spiro atoms. The molecular formula is C24H47IO4SiSn. The van der Waals surface area contributed by atoms with E-state index in [1.165, 1.54) is 15.2 Å². The quantitative estimate of drug-likeness (QED) is 0.0254. The van der Waals surface area contributed by atoms with Gasteiger partial charge in [0, 0.05) is 14.7 Å². The second kappa shape index (κ2) is 16.3. The Morgan fingerprint density at radius 1 is 1.13 bits per heavy atom. The molecule has 2 atom stereocenters. The molecule has 0 aromatic heterocycles. The second-order valence-electron chi connectivity index (χ2n) is 10.9. The molecule has 0 aliphatic rings. The standard InChI is InChI=1S/C21H38IO4Si.3CH3.Sn/c1-7-9-21(23)26-20(15-22)14-18(2)10-8-11-19(3)16-25-17-24-12-13-27(4,5)6;;;;/h9,11,18,20H,8,10,12-17H2,1-6H3;3*1H3;/b9-7?,19-11+;;;;/t18-,20+;;;;/m0..../s1. The van der Waals surface area contributed by atoms with Crippen LogP contribution in [0.15, 0.2) is 21.3 Å². The van der Waals surface area contributed by atoms with Crippen LogP contribution in [-0.4, -0.2) is 63.0 Å². The van der Waals surface area contributed by atoms with Crippen LogP contribution >= 0.6 is 22.6 Å². The van der Waals surface area contributed by atoms with Crippen molar-refractivity contribution in [3.63, 3.8) is 0 Å². The Hall–Kier alpha value is 0.616. The predicted molar refractivity (Wildman–Crippen MR) is 148 cm³/mol. The minimum atomic E-state index is -2.16. The van der Waals surface area contributed by atoms with E-state index in [0.29, 0.717) is 19.3 Å². The molecule has 0 aromatic carbocycles. The number of ether oxygens (including phenoxy) is 3. The summed E-state index contributed by atoms with van der Waals surface area (Å²) in [6.45, 7) is 15.3. The molecule has 4 nitrogen and oxygen atoms in total.